The Labute approximate surface area is 150 Å². The maximum Gasteiger partial charge on any atom is 0.225 e. The number of hydrogen-bond acceptors (Lipinski definition) is 5. The molecule has 1 aliphatic heterocycles. The van der Waals surface area contributed by atoms with E-state index in [1.165, 1.54) is 11.4 Å². The van der Waals surface area contributed by atoms with Crippen molar-refractivity contribution >= 4 is 32.5 Å². The number of anilines is 1. The van der Waals surface area contributed by atoms with Gasteiger partial charge in [0.15, 0.2) is 0 Å². The molecule has 3 heterocycles. The van der Waals surface area contributed by atoms with E-state index < -0.39 is 10.0 Å². The molecule has 1 aliphatic rings. The van der Waals surface area contributed by atoms with Gasteiger partial charge in [-0.15, -0.1) is 0 Å². The number of rotatable bonds is 4. The third-order valence-electron chi connectivity index (χ3n) is 4.62. The van der Waals surface area contributed by atoms with Crippen LogP contribution >= 0.6 is 0 Å². The van der Waals surface area contributed by atoms with Crippen molar-refractivity contribution in [2.75, 3.05) is 18.6 Å². The minimum atomic E-state index is -3.29. The lowest BCUT2D eigenvalue weighted by Gasteiger charge is -2.24. The molecule has 2 aromatic heterocycles. The fraction of sp³-hybridized carbons (Fsp3) is 0.294. The van der Waals surface area contributed by atoms with E-state index in [1.807, 2.05) is 12.1 Å². The number of sulfonamides is 1. The van der Waals surface area contributed by atoms with Crippen molar-refractivity contribution in [1.29, 1.82) is 0 Å². The van der Waals surface area contributed by atoms with Gasteiger partial charge in [0, 0.05) is 24.5 Å². The molecule has 1 atom stereocenters. The van der Waals surface area contributed by atoms with E-state index in [0.717, 1.165) is 28.4 Å². The Hall–Kier alpha value is -2.65. The summed E-state index contributed by atoms with van der Waals surface area (Å²) in [7, 11) is -1.80. The smallest absolute Gasteiger partial charge is 0.225 e. The topological polar surface area (TPSA) is 108 Å². The number of aromatic amines is 1. The van der Waals surface area contributed by atoms with E-state index in [2.05, 4.69) is 15.5 Å². The van der Waals surface area contributed by atoms with Crippen molar-refractivity contribution in [1.82, 2.24) is 14.5 Å². The lowest BCUT2D eigenvalue weighted by atomic mass is 9.88. The van der Waals surface area contributed by atoms with E-state index >= 15 is 0 Å². The molecule has 0 saturated heterocycles. The molecule has 1 amide bonds. The Morgan fingerprint density at radius 3 is 2.92 bits per heavy atom. The number of hydrogen-bond donors (Lipinski definition) is 2. The van der Waals surface area contributed by atoms with E-state index in [4.69, 9.17) is 4.42 Å². The first kappa shape index (κ1) is 16.8. The standard InChI is InChI=1S/C17H18N4O4S/c1-21(26(2,23)24)9-11-3-4-16(25-11)13-6-17(22)19-15-7-14-10(5-12(13)15)8-18-20-14/h3-5,7-8,13H,6,9H2,1-2H3,(H,18,20)(H,19,22). The summed E-state index contributed by atoms with van der Waals surface area (Å²) < 4.78 is 30.2. The predicted octanol–water partition coefficient (Wildman–Crippen LogP) is 2.02. The number of aromatic nitrogens is 2. The van der Waals surface area contributed by atoms with Gasteiger partial charge in [-0.3, -0.25) is 9.89 Å². The highest BCUT2D eigenvalue weighted by molar-refractivity contribution is 7.88. The lowest BCUT2D eigenvalue weighted by Crippen LogP contribution is -2.24. The Morgan fingerprint density at radius 1 is 1.35 bits per heavy atom. The van der Waals surface area contributed by atoms with Gasteiger partial charge in [0.05, 0.1) is 30.4 Å². The van der Waals surface area contributed by atoms with Crippen molar-refractivity contribution < 1.29 is 17.6 Å². The van der Waals surface area contributed by atoms with Gasteiger partial charge < -0.3 is 9.73 Å². The molecule has 1 aromatic carbocycles. The van der Waals surface area contributed by atoms with E-state index in [9.17, 15) is 13.2 Å². The normalized spacial score (nSPS) is 17.5. The van der Waals surface area contributed by atoms with Crippen LogP contribution in [0.25, 0.3) is 10.9 Å². The monoisotopic (exact) mass is 374 g/mol. The van der Waals surface area contributed by atoms with Crippen LogP contribution < -0.4 is 5.32 Å². The van der Waals surface area contributed by atoms with Gasteiger partial charge in [-0.2, -0.15) is 9.40 Å². The largest absolute Gasteiger partial charge is 0.464 e. The van der Waals surface area contributed by atoms with Gasteiger partial charge in [0.1, 0.15) is 11.5 Å². The SMILES string of the molecule is CN(Cc1ccc(C2CC(=O)Nc3cc4[nH]ncc4cc32)o1)S(C)(=O)=O. The Bertz CT molecular complexity index is 1100. The molecule has 0 radical (unpaired) electrons. The number of H-pyrrole nitrogens is 1. The number of benzene rings is 1. The molecule has 1 unspecified atom stereocenters. The molecule has 26 heavy (non-hydrogen) atoms. The van der Waals surface area contributed by atoms with Gasteiger partial charge in [0.2, 0.25) is 15.9 Å². The Kier molecular flexibility index (Phi) is 3.85. The molecule has 0 fully saturated rings. The molecule has 136 valence electrons. The molecular weight excluding hydrogens is 356 g/mol. The number of nitrogens with zero attached hydrogens (tertiary/aromatic N) is 2. The lowest BCUT2D eigenvalue weighted by molar-refractivity contribution is -0.116. The molecule has 3 aromatic rings. The average Bonchev–Trinajstić information content (AvgIpc) is 3.20. The summed E-state index contributed by atoms with van der Waals surface area (Å²) in [4.78, 5) is 12.1. The van der Waals surface area contributed by atoms with Crippen LogP contribution in [-0.4, -0.2) is 42.1 Å². The van der Waals surface area contributed by atoms with Crippen molar-refractivity contribution in [2.24, 2.45) is 0 Å². The first-order valence-electron chi connectivity index (χ1n) is 8.08. The molecule has 0 spiro atoms. The van der Waals surface area contributed by atoms with Crippen LogP contribution in [0.2, 0.25) is 0 Å². The van der Waals surface area contributed by atoms with Gasteiger partial charge in [-0.25, -0.2) is 8.42 Å². The molecule has 9 heteroatoms. The van der Waals surface area contributed by atoms with Crippen molar-refractivity contribution in [3.05, 3.63) is 47.5 Å². The second kappa shape index (κ2) is 5.96. The molecule has 0 bridgehead atoms. The van der Waals surface area contributed by atoms with Crippen molar-refractivity contribution in [2.45, 2.75) is 18.9 Å². The van der Waals surface area contributed by atoms with Gasteiger partial charge in [0.25, 0.3) is 0 Å². The summed E-state index contributed by atoms with van der Waals surface area (Å²) in [6.45, 7) is 0.144. The summed E-state index contributed by atoms with van der Waals surface area (Å²) in [5.41, 5.74) is 2.53. The summed E-state index contributed by atoms with van der Waals surface area (Å²) in [5, 5.41) is 10.8. The Balaban J connectivity index is 1.69. The van der Waals surface area contributed by atoms with Crippen LogP contribution in [0.5, 0.6) is 0 Å². The number of carbonyl (C=O) groups is 1. The van der Waals surface area contributed by atoms with Gasteiger partial charge in [-0.05, 0) is 29.8 Å². The van der Waals surface area contributed by atoms with Crippen LogP contribution in [0.1, 0.15) is 29.4 Å². The summed E-state index contributed by atoms with van der Waals surface area (Å²) in [6.07, 6.45) is 3.15. The number of fused-ring (bicyclic) bond motifs is 2. The van der Waals surface area contributed by atoms with Crippen LogP contribution in [0.3, 0.4) is 0 Å². The van der Waals surface area contributed by atoms with Crippen LogP contribution in [0.4, 0.5) is 5.69 Å². The zero-order valence-electron chi connectivity index (χ0n) is 14.3. The highest BCUT2D eigenvalue weighted by atomic mass is 32.2. The second-order valence-corrected chi connectivity index (χ2v) is 8.61. The highest BCUT2D eigenvalue weighted by Gasteiger charge is 2.29. The summed E-state index contributed by atoms with van der Waals surface area (Å²) >= 11 is 0. The molecule has 0 saturated carbocycles. The zero-order chi connectivity index (χ0) is 18.5. The Morgan fingerprint density at radius 2 is 2.15 bits per heavy atom. The average molecular weight is 374 g/mol. The minimum Gasteiger partial charge on any atom is -0.464 e. The maximum atomic E-state index is 12.1. The third-order valence-corrected chi connectivity index (χ3v) is 5.88. The van der Waals surface area contributed by atoms with E-state index in [0.29, 0.717) is 11.5 Å². The molecule has 8 nitrogen and oxygen atoms in total. The number of furan rings is 1. The zero-order valence-corrected chi connectivity index (χ0v) is 15.1. The molecule has 4 rings (SSSR count). The number of nitrogens with one attached hydrogen (secondary N) is 2. The van der Waals surface area contributed by atoms with E-state index in [-0.39, 0.29) is 24.8 Å². The van der Waals surface area contributed by atoms with Gasteiger partial charge in [-0.1, -0.05) is 0 Å². The maximum absolute atomic E-state index is 12.1. The van der Waals surface area contributed by atoms with Crippen LogP contribution in [0.15, 0.2) is 34.9 Å². The minimum absolute atomic E-state index is 0.0902. The van der Waals surface area contributed by atoms with Crippen LogP contribution in [-0.2, 0) is 21.4 Å². The fourth-order valence-electron chi connectivity index (χ4n) is 3.16. The predicted molar refractivity (Wildman–Crippen MR) is 96.2 cm³/mol. The summed E-state index contributed by atoms with van der Waals surface area (Å²) in [5.74, 6) is 0.855. The molecule has 0 aliphatic carbocycles. The fourth-order valence-corrected chi connectivity index (χ4v) is 3.52. The summed E-state index contributed by atoms with van der Waals surface area (Å²) in [6, 6.07) is 7.41. The number of carbonyl (C=O) groups excluding carboxylic acids is 1. The molecule has 2 N–H and O–H groups in total. The quantitative estimate of drug-likeness (QED) is 0.726. The highest BCUT2D eigenvalue weighted by Crippen LogP contribution is 2.39. The third kappa shape index (κ3) is 2.99. The van der Waals surface area contributed by atoms with Gasteiger partial charge >= 0.3 is 0 Å². The van der Waals surface area contributed by atoms with E-state index in [1.54, 1.807) is 18.3 Å². The molecular formula is C17H18N4O4S. The van der Waals surface area contributed by atoms with Crippen molar-refractivity contribution in [3.8, 4) is 0 Å². The first-order valence-corrected chi connectivity index (χ1v) is 9.93. The van der Waals surface area contributed by atoms with Crippen molar-refractivity contribution in [3.63, 3.8) is 0 Å². The van der Waals surface area contributed by atoms with Crippen LogP contribution in [0, 0.1) is 0 Å². The number of amides is 1. The first-order chi connectivity index (χ1) is 12.3. The second-order valence-electron chi connectivity index (χ2n) is 6.52.